The summed E-state index contributed by atoms with van der Waals surface area (Å²) in [5, 5.41) is 10.6. The van der Waals surface area contributed by atoms with Gasteiger partial charge in [0.05, 0.1) is 6.33 Å². The van der Waals surface area contributed by atoms with E-state index in [-0.39, 0.29) is 6.61 Å². The van der Waals surface area contributed by atoms with Gasteiger partial charge in [0.25, 0.3) is 0 Å². The third-order valence-electron chi connectivity index (χ3n) is 5.22. The molecule has 4 aromatic rings. The summed E-state index contributed by atoms with van der Waals surface area (Å²) >= 11 is 0. The van der Waals surface area contributed by atoms with E-state index in [1.165, 1.54) is 5.56 Å². The maximum atomic E-state index is 10.6. The van der Waals surface area contributed by atoms with Gasteiger partial charge in [-0.1, -0.05) is 48.5 Å². The molecule has 1 heterocycles. The number of benzene rings is 3. The largest absolute Gasteiger partial charge is 0.492 e. The highest BCUT2D eigenvalue weighted by atomic mass is 16.5. The number of aromatic nitrogens is 2. The van der Waals surface area contributed by atoms with Crippen molar-refractivity contribution in [2.24, 2.45) is 0 Å². The Bertz CT molecular complexity index is 1050. The van der Waals surface area contributed by atoms with Crippen molar-refractivity contribution in [1.82, 2.24) is 14.5 Å². The van der Waals surface area contributed by atoms with E-state index >= 15 is 0 Å². The summed E-state index contributed by atoms with van der Waals surface area (Å²) in [7, 11) is 0. The van der Waals surface area contributed by atoms with E-state index in [1.807, 2.05) is 83.6 Å². The average Bonchev–Trinajstić information content (AvgIpc) is 3.40. The van der Waals surface area contributed by atoms with Crippen LogP contribution >= 0.6 is 0 Å². The monoisotopic (exact) mass is 443 g/mol. The molecule has 3 aromatic carbocycles. The number of nitrogens with zero attached hydrogens (tertiary/aromatic N) is 3. The van der Waals surface area contributed by atoms with Gasteiger partial charge in [0.15, 0.2) is 0 Å². The molecule has 0 saturated carbocycles. The predicted molar refractivity (Wildman–Crippen MR) is 129 cm³/mol. The van der Waals surface area contributed by atoms with Gasteiger partial charge in [0, 0.05) is 37.7 Å². The second-order valence-corrected chi connectivity index (χ2v) is 7.81. The second-order valence-electron chi connectivity index (χ2n) is 7.81. The molecule has 1 aromatic heterocycles. The smallest absolute Gasteiger partial charge is 0.119 e. The number of hydrogen-bond acceptors (Lipinski definition) is 5. The molecule has 0 fully saturated rings. The van der Waals surface area contributed by atoms with Crippen molar-refractivity contribution in [2.75, 3.05) is 26.3 Å². The van der Waals surface area contributed by atoms with Gasteiger partial charge in [-0.25, -0.2) is 4.98 Å². The Morgan fingerprint density at radius 2 is 1.55 bits per heavy atom. The van der Waals surface area contributed by atoms with E-state index in [1.54, 1.807) is 12.5 Å². The van der Waals surface area contributed by atoms with E-state index in [0.717, 1.165) is 23.7 Å². The van der Waals surface area contributed by atoms with Gasteiger partial charge in [-0.15, -0.1) is 0 Å². The lowest BCUT2D eigenvalue weighted by Crippen LogP contribution is -2.37. The fraction of sp³-hybridized carbons (Fsp3) is 0.222. The van der Waals surface area contributed by atoms with Crippen LogP contribution in [-0.2, 0) is 6.54 Å². The molecule has 6 nitrogen and oxygen atoms in total. The van der Waals surface area contributed by atoms with Crippen molar-refractivity contribution in [3.63, 3.8) is 0 Å². The molecule has 0 saturated heterocycles. The van der Waals surface area contributed by atoms with E-state index in [2.05, 4.69) is 22.0 Å². The van der Waals surface area contributed by atoms with Gasteiger partial charge in [0.1, 0.15) is 30.8 Å². The van der Waals surface area contributed by atoms with Crippen molar-refractivity contribution in [3.05, 3.63) is 109 Å². The second kappa shape index (κ2) is 11.9. The molecule has 0 radical (unpaired) electrons. The van der Waals surface area contributed by atoms with Gasteiger partial charge >= 0.3 is 0 Å². The highest BCUT2D eigenvalue weighted by Crippen LogP contribution is 2.15. The maximum Gasteiger partial charge on any atom is 0.119 e. The fourth-order valence-corrected chi connectivity index (χ4v) is 3.56. The summed E-state index contributed by atoms with van der Waals surface area (Å²) in [5.74, 6) is 1.57. The lowest BCUT2D eigenvalue weighted by atomic mass is 10.2. The molecule has 1 N–H and O–H groups in total. The molecule has 0 aliphatic heterocycles. The zero-order chi connectivity index (χ0) is 22.7. The van der Waals surface area contributed by atoms with Crippen LogP contribution in [0.3, 0.4) is 0 Å². The van der Waals surface area contributed by atoms with Gasteiger partial charge in [0.2, 0.25) is 0 Å². The highest BCUT2D eigenvalue weighted by molar-refractivity contribution is 5.37. The zero-order valence-corrected chi connectivity index (χ0v) is 18.5. The van der Waals surface area contributed by atoms with Crippen LogP contribution in [-0.4, -0.2) is 52.0 Å². The number of imidazole rings is 1. The number of para-hydroxylation sites is 1. The average molecular weight is 444 g/mol. The molecule has 0 aliphatic carbocycles. The molecule has 170 valence electrons. The van der Waals surface area contributed by atoms with E-state index in [9.17, 15) is 5.11 Å². The molecule has 0 bridgehead atoms. The predicted octanol–water partition coefficient (Wildman–Crippen LogP) is 4.19. The van der Waals surface area contributed by atoms with Crippen LogP contribution in [0.5, 0.6) is 11.5 Å². The molecular formula is C27H29N3O3. The van der Waals surface area contributed by atoms with Crippen LogP contribution in [0.4, 0.5) is 0 Å². The highest BCUT2D eigenvalue weighted by Gasteiger charge is 2.14. The fourth-order valence-electron chi connectivity index (χ4n) is 3.56. The lowest BCUT2D eigenvalue weighted by molar-refractivity contribution is 0.0605. The van der Waals surface area contributed by atoms with E-state index in [4.69, 9.17) is 9.47 Å². The Balaban J connectivity index is 1.30. The van der Waals surface area contributed by atoms with Gasteiger partial charge in [-0.2, -0.15) is 0 Å². The molecule has 4 rings (SSSR count). The molecule has 33 heavy (non-hydrogen) atoms. The maximum absolute atomic E-state index is 10.6. The zero-order valence-electron chi connectivity index (χ0n) is 18.5. The van der Waals surface area contributed by atoms with Crippen molar-refractivity contribution in [1.29, 1.82) is 0 Å². The minimum Gasteiger partial charge on any atom is -0.492 e. The molecule has 0 aliphatic rings. The van der Waals surface area contributed by atoms with Crippen LogP contribution in [0, 0.1) is 0 Å². The van der Waals surface area contributed by atoms with Crippen molar-refractivity contribution in [2.45, 2.75) is 12.6 Å². The molecule has 0 spiro atoms. The van der Waals surface area contributed by atoms with Crippen LogP contribution < -0.4 is 9.47 Å². The van der Waals surface area contributed by atoms with Gasteiger partial charge in [-0.05, 0) is 42.0 Å². The lowest BCUT2D eigenvalue weighted by Gasteiger charge is -2.25. The quantitative estimate of drug-likeness (QED) is 0.356. The molecule has 0 amide bonds. The van der Waals surface area contributed by atoms with Gasteiger partial charge < -0.3 is 19.1 Å². The molecule has 1 unspecified atom stereocenters. The van der Waals surface area contributed by atoms with Crippen LogP contribution in [0.1, 0.15) is 5.56 Å². The normalized spacial score (nSPS) is 11.9. The van der Waals surface area contributed by atoms with Crippen molar-refractivity contribution >= 4 is 0 Å². The third kappa shape index (κ3) is 7.20. The van der Waals surface area contributed by atoms with Crippen molar-refractivity contribution in [3.8, 4) is 17.2 Å². The summed E-state index contributed by atoms with van der Waals surface area (Å²) in [6.45, 7) is 2.66. The summed E-state index contributed by atoms with van der Waals surface area (Å²) in [6, 6.07) is 27.7. The Kier molecular flexibility index (Phi) is 8.11. The Hall–Kier alpha value is -3.61. The number of rotatable bonds is 12. The Labute approximate surface area is 194 Å². The van der Waals surface area contributed by atoms with Crippen LogP contribution in [0.2, 0.25) is 0 Å². The SMILES string of the molecule is OC(COc1ccccc1)CN(CCOc1ccc(-n2ccnc2)cc1)Cc1ccccc1. The Morgan fingerprint density at radius 3 is 2.24 bits per heavy atom. The number of aliphatic hydroxyl groups is 1. The summed E-state index contributed by atoms with van der Waals surface area (Å²) in [6.07, 6.45) is 4.82. The number of aliphatic hydroxyl groups excluding tert-OH is 1. The first-order valence-corrected chi connectivity index (χ1v) is 11.1. The molecule has 1 atom stereocenters. The van der Waals surface area contributed by atoms with E-state index < -0.39 is 6.10 Å². The summed E-state index contributed by atoms with van der Waals surface area (Å²) in [4.78, 5) is 6.26. The first kappa shape index (κ1) is 22.6. The topological polar surface area (TPSA) is 59.8 Å². The van der Waals surface area contributed by atoms with Gasteiger partial charge in [-0.3, -0.25) is 4.90 Å². The standard InChI is InChI=1S/C27H29N3O3/c31-25(21-33-26-9-5-2-6-10-26)20-29(19-23-7-3-1-4-8-23)17-18-32-27-13-11-24(12-14-27)30-16-15-28-22-30/h1-16,22,25,31H,17-21H2. The minimum absolute atomic E-state index is 0.242. The first-order chi connectivity index (χ1) is 16.3. The number of hydrogen-bond donors (Lipinski definition) is 1. The van der Waals surface area contributed by atoms with Crippen LogP contribution in [0.25, 0.3) is 5.69 Å². The summed E-state index contributed by atoms with van der Waals surface area (Å²) in [5.41, 5.74) is 2.23. The Morgan fingerprint density at radius 1 is 0.848 bits per heavy atom. The van der Waals surface area contributed by atoms with E-state index in [0.29, 0.717) is 19.7 Å². The summed E-state index contributed by atoms with van der Waals surface area (Å²) < 4.78 is 13.6. The molecular weight excluding hydrogens is 414 g/mol. The van der Waals surface area contributed by atoms with Crippen molar-refractivity contribution < 1.29 is 14.6 Å². The minimum atomic E-state index is -0.608. The van der Waals surface area contributed by atoms with Crippen LogP contribution in [0.15, 0.2) is 104 Å². The number of ether oxygens (including phenoxy) is 2. The molecule has 6 heteroatoms. The first-order valence-electron chi connectivity index (χ1n) is 11.1. The third-order valence-corrected chi connectivity index (χ3v) is 5.22.